The second kappa shape index (κ2) is 10.5. The summed E-state index contributed by atoms with van der Waals surface area (Å²) in [5, 5.41) is 15.3. The lowest BCUT2D eigenvalue weighted by atomic mass is 10.2. The van der Waals surface area contributed by atoms with Crippen LogP contribution >= 0.6 is 35.4 Å². The Kier molecular flexibility index (Phi) is 7.44. The molecule has 1 saturated heterocycles. The number of nitrogens with zero attached hydrogens (tertiary/aromatic N) is 3. The van der Waals surface area contributed by atoms with Gasteiger partial charge in [-0.1, -0.05) is 23.2 Å². The number of anilines is 1. The van der Waals surface area contributed by atoms with Gasteiger partial charge in [-0.2, -0.15) is 0 Å². The first kappa shape index (κ1) is 24.8. The third-order valence-corrected chi connectivity index (χ3v) is 6.44. The molecule has 0 unspecified atom stereocenters. The van der Waals surface area contributed by atoms with E-state index in [1.807, 2.05) is 9.80 Å². The first-order valence-electron chi connectivity index (χ1n) is 10.5. The minimum Gasteiger partial charge on any atom is -0.496 e. The molecule has 0 bridgehead atoms. The number of methoxy groups -OCH3 is 1. The first-order chi connectivity index (χ1) is 16.8. The van der Waals surface area contributed by atoms with Gasteiger partial charge in [0.05, 0.1) is 23.1 Å². The van der Waals surface area contributed by atoms with Gasteiger partial charge < -0.3 is 19.0 Å². The molecular weight excluding hydrogens is 515 g/mol. The number of rotatable bonds is 5. The smallest absolute Gasteiger partial charge is 0.296 e. The molecule has 2 heterocycles. The molecule has 35 heavy (non-hydrogen) atoms. The number of ether oxygens (including phenoxy) is 1. The van der Waals surface area contributed by atoms with Gasteiger partial charge in [-0.05, 0) is 54.7 Å². The monoisotopic (exact) mass is 534 g/mol. The summed E-state index contributed by atoms with van der Waals surface area (Å²) < 4.78 is 10.8. The van der Waals surface area contributed by atoms with Gasteiger partial charge in [0.25, 0.3) is 11.6 Å². The molecule has 0 radical (unpaired) electrons. The highest BCUT2D eigenvalue weighted by Crippen LogP contribution is 2.33. The maximum Gasteiger partial charge on any atom is 0.296 e. The van der Waals surface area contributed by atoms with Gasteiger partial charge in [-0.3, -0.25) is 20.2 Å². The zero-order valence-corrected chi connectivity index (χ0v) is 20.8. The number of carbonyl (C=O) groups excluding carboxylic acids is 1. The van der Waals surface area contributed by atoms with E-state index in [1.54, 1.807) is 42.5 Å². The SMILES string of the molecule is COc1ccc(N2CCN(C(=S)NC(=O)c3ccc(-c4ccc(Cl)cc4Cl)o3)CC2)c([N+](=O)[O-])c1. The number of nitro benzene ring substituents is 1. The van der Waals surface area contributed by atoms with Crippen LogP contribution in [0.5, 0.6) is 5.75 Å². The number of nitro groups is 1. The molecule has 4 rings (SSSR count). The highest BCUT2D eigenvalue weighted by molar-refractivity contribution is 7.80. The van der Waals surface area contributed by atoms with Crippen molar-refractivity contribution in [2.75, 3.05) is 38.2 Å². The summed E-state index contributed by atoms with van der Waals surface area (Å²) in [5.74, 6) is 0.445. The molecule has 1 aliphatic rings. The average Bonchev–Trinajstić information content (AvgIpc) is 3.34. The van der Waals surface area contributed by atoms with Gasteiger partial charge >= 0.3 is 0 Å². The molecule has 2 aromatic carbocycles. The predicted octanol–water partition coefficient (Wildman–Crippen LogP) is 5.01. The van der Waals surface area contributed by atoms with Crippen LogP contribution in [0.2, 0.25) is 10.0 Å². The van der Waals surface area contributed by atoms with Crippen LogP contribution in [0, 0.1) is 10.1 Å². The molecular formula is C23H20Cl2N4O5S. The number of amides is 1. The van der Waals surface area contributed by atoms with E-state index in [1.165, 1.54) is 13.2 Å². The molecule has 0 spiro atoms. The molecule has 1 N–H and O–H groups in total. The van der Waals surface area contributed by atoms with E-state index in [-0.39, 0.29) is 16.6 Å². The van der Waals surface area contributed by atoms with Crippen molar-refractivity contribution in [3.8, 4) is 17.1 Å². The van der Waals surface area contributed by atoms with Gasteiger partial charge in [0, 0.05) is 36.8 Å². The summed E-state index contributed by atoms with van der Waals surface area (Å²) >= 11 is 17.6. The van der Waals surface area contributed by atoms with Gasteiger partial charge in [-0.25, -0.2) is 0 Å². The maximum atomic E-state index is 12.7. The van der Waals surface area contributed by atoms with Crippen LogP contribution in [0.3, 0.4) is 0 Å². The second-order valence-electron chi connectivity index (χ2n) is 7.63. The number of hydrogen-bond acceptors (Lipinski definition) is 7. The van der Waals surface area contributed by atoms with E-state index in [9.17, 15) is 14.9 Å². The Morgan fingerprint density at radius 2 is 1.86 bits per heavy atom. The number of halogens is 2. The summed E-state index contributed by atoms with van der Waals surface area (Å²) in [6.07, 6.45) is 0. The van der Waals surface area contributed by atoms with Crippen molar-refractivity contribution in [2.45, 2.75) is 0 Å². The molecule has 1 aliphatic heterocycles. The predicted molar refractivity (Wildman–Crippen MR) is 138 cm³/mol. The van der Waals surface area contributed by atoms with Gasteiger partial charge in [0.15, 0.2) is 10.9 Å². The van der Waals surface area contributed by atoms with Crippen LogP contribution in [0.15, 0.2) is 52.9 Å². The zero-order chi connectivity index (χ0) is 25.1. The zero-order valence-electron chi connectivity index (χ0n) is 18.5. The van der Waals surface area contributed by atoms with Crippen molar-refractivity contribution in [3.05, 3.63) is 74.5 Å². The Balaban J connectivity index is 1.37. The lowest BCUT2D eigenvalue weighted by molar-refractivity contribution is -0.384. The summed E-state index contributed by atoms with van der Waals surface area (Å²) in [5.41, 5.74) is 1.10. The van der Waals surface area contributed by atoms with E-state index in [0.717, 1.165) is 0 Å². The third-order valence-electron chi connectivity index (χ3n) is 5.53. The van der Waals surface area contributed by atoms with Crippen molar-refractivity contribution in [1.82, 2.24) is 10.2 Å². The van der Waals surface area contributed by atoms with Crippen molar-refractivity contribution in [1.29, 1.82) is 0 Å². The Morgan fingerprint density at radius 3 is 2.51 bits per heavy atom. The average molecular weight is 535 g/mol. The van der Waals surface area contributed by atoms with Crippen molar-refractivity contribution in [3.63, 3.8) is 0 Å². The lowest BCUT2D eigenvalue weighted by Crippen LogP contribution is -2.52. The van der Waals surface area contributed by atoms with Crippen molar-refractivity contribution < 1.29 is 18.9 Å². The molecule has 1 fully saturated rings. The molecule has 1 aromatic heterocycles. The summed E-state index contributed by atoms with van der Waals surface area (Å²) in [6.45, 7) is 1.93. The van der Waals surface area contributed by atoms with Gasteiger partial charge in [-0.15, -0.1) is 0 Å². The number of hydrogen-bond donors (Lipinski definition) is 1. The normalized spacial score (nSPS) is 13.5. The van der Waals surface area contributed by atoms with E-state index in [4.69, 9.17) is 44.6 Å². The van der Waals surface area contributed by atoms with E-state index >= 15 is 0 Å². The number of furan rings is 1. The molecule has 182 valence electrons. The van der Waals surface area contributed by atoms with Crippen LogP contribution in [0.25, 0.3) is 11.3 Å². The number of benzene rings is 2. The number of nitrogens with one attached hydrogen (secondary N) is 1. The molecule has 0 saturated carbocycles. The molecule has 9 nitrogen and oxygen atoms in total. The van der Waals surface area contributed by atoms with Gasteiger partial charge in [0.1, 0.15) is 17.2 Å². The van der Waals surface area contributed by atoms with Crippen molar-refractivity contribution in [2.24, 2.45) is 0 Å². The number of piperazine rings is 1. The van der Waals surface area contributed by atoms with Crippen molar-refractivity contribution >= 4 is 57.8 Å². The fourth-order valence-electron chi connectivity index (χ4n) is 3.73. The summed E-state index contributed by atoms with van der Waals surface area (Å²) in [6, 6.07) is 12.9. The quantitative estimate of drug-likeness (QED) is 0.277. The Bertz CT molecular complexity index is 1290. The van der Waals surface area contributed by atoms with Crippen LogP contribution in [-0.2, 0) is 0 Å². The van der Waals surface area contributed by atoms with Crippen LogP contribution in [-0.4, -0.2) is 54.1 Å². The summed E-state index contributed by atoms with van der Waals surface area (Å²) in [7, 11) is 1.46. The van der Waals surface area contributed by atoms with Crippen LogP contribution in [0.4, 0.5) is 11.4 Å². The lowest BCUT2D eigenvalue weighted by Gasteiger charge is -2.36. The number of thiocarbonyl (C=S) groups is 1. The second-order valence-corrected chi connectivity index (χ2v) is 8.86. The Hall–Kier alpha value is -3.34. The summed E-state index contributed by atoms with van der Waals surface area (Å²) in [4.78, 5) is 27.5. The standard InChI is InChI=1S/C23H20Cl2N4O5S/c1-33-15-3-5-18(19(13-15)29(31)32)27-8-10-28(11-9-27)23(35)26-22(30)21-7-6-20(34-21)16-4-2-14(24)12-17(16)25/h2-7,12-13H,8-11H2,1H3,(H,26,30,35). The van der Waals surface area contributed by atoms with Crippen LogP contribution < -0.4 is 15.0 Å². The molecule has 3 aromatic rings. The minimum atomic E-state index is -0.487. The number of carbonyl (C=O) groups is 1. The van der Waals surface area contributed by atoms with E-state index < -0.39 is 10.8 Å². The Morgan fingerprint density at radius 1 is 1.11 bits per heavy atom. The fraction of sp³-hybridized carbons (Fsp3) is 0.217. The van der Waals surface area contributed by atoms with Crippen LogP contribution in [0.1, 0.15) is 10.6 Å². The third kappa shape index (κ3) is 5.50. The molecule has 12 heteroatoms. The molecule has 0 atom stereocenters. The molecule has 0 aliphatic carbocycles. The maximum absolute atomic E-state index is 12.7. The topological polar surface area (TPSA) is 101 Å². The van der Waals surface area contributed by atoms with E-state index in [0.29, 0.717) is 59.0 Å². The fourth-order valence-corrected chi connectivity index (χ4v) is 4.50. The van der Waals surface area contributed by atoms with Gasteiger partial charge in [0.2, 0.25) is 0 Å². The first-order valence-corrected chi connectivity index (χ1v) is 11.7. The van der Waals surface area contributed by atoms with E-state index in [2.05, 4.69) is 5.32 Å². The Labute approximate surface area is 216 Å². The minimum absolute atomic E-state index is 0.0249. The molecule has 1 amide bonds. The largest absolute Gasteiger partial charge is 0.496 e. The highest BCUT2D eigenvalue weighted by atomic mass is 35.5. The highest BCUT2D eigenvalue weighted by Gasteiger charge is 2.26.